The summed E-state index contributed by atoms with van der Waals surface area (Å²) >= 11 is 0.129. The van der Waals surface area contributed by atoms with E-state index in [1.165, 1.54) is 13.1 Å². The van der Waals surface area contributed by atoms with Crippen molar-refractivity contribution in [1.29, 1.82) is 0 Å². The van der Waals surface area contributed by atoms with Crippen molar-refractivity contribution in [2.24, 2.45) is 0 Å². The monoisotopic (exact) mass is 354 g/mol. The Morgan fingerprint density at radius 2 is 1.70 bits per heavy atom. The lowest BCUT2D eigenvalue weighted by Crippen LogP contribution is -2.16. The summed E-state index contributed by atoms with van der Waals surface area (Å²) in [4.78, 5) is 9.42. The fourth-order valence-corrected chi connectivity index (χ4v) is 2.64. The van der Waals surface area contributed by atoms with Crippen LogP contribution in [0.3, 0.4) is 0 Å². The highest BCUT2D eigenvalue weighted by molar-refractivity contribution is 7.99. The largest absolute Gasteiger partial charge is 0.434 e. The van der Waals surface area contributed by atoms with Crippen molar-refractivity contribution in [1.82, 2.24) is 15.0 Å². The third-order valence-electron chi connectivity index (χ3n) is 2.56. The molecule has 4 nitrogen and oxygen atoms in total. The molecule has 2 heterocycles. The summed E-state index contributed by atoms with van der Waals surface area (Å²) in [5.74, 6) is -0.264. The lowest BCUT2D eigenvalue weighted by Gasteiger charge is -2.17. The van der Waals surface area contributed by atoms with Crippen LogP contribution in [0.5, 0.6) is 0 Å². The Morgan fingerprint density at radius 3 is 2.22 bits per heavy atom. The second kappa shape index (κ2) is 5.87. The van der Waals surface area contributed by atoms with Gasteiger partial charge in [-0.3, -0.25) is 4.98 Å². The van der Waals surface area contributed by atoms with Gasteiger partial charge in [0.25, 0.3) is 0 Å². The maximum atomic E-state index is 13.0. The van der Waals surface area contributed by atoms with E-state index in [1.807, 2.05) is 0 Å². The third-order valence-corrected chi connectivity index (χ3v) is 3.69. The molecule has 0 bridgehead atoms. The topological polar surface area (TPSA) is 64.7 Å². The Kier molecular flexibility index (Phi) is 4.42. The zero-order chi connectivity index (χ0) is 17.4. The van der Waals surface area contributed by atoms with Gasteiger partial charge in [0.1, 0.15) is 5.03 Å². The van der Waals surface area contributed by atoms with Crippen molar-refractivity contribution in [3.05, 3.63) is 35.4 Å². The maximum Gasteiger partial charge on any atom is 0.434 e. The van der Waals surface area contributed by atoms with E-state index in [2.05, 4.69) is 15.0 Å². The predicted molar refractivity (Wildman–Crippen MR) is 69.5 cm³/mol. The smallest absolute Gasteiger partial charge is 0.381 e. The summed E-state index contributed by atoms with van der Waals surface area (Å²) in [5.41, 5.74) is 2.77. The molecule has 23 heavy (non-hydrogen) atoms. The number of nitrogens with two attached hydrogens (primary N) is 1. The first-order valence-electron chi connectivity index (χ1n) is 5.90. The molecular formula is C12H8F6N4S. The third kappa shape index (κ3) is 3.84. The fourth-order valence-electron chi connectivity index (χ4n) is 1.64. The molecule has 11 heteroatoms. The molecule has 0 spiro atoms. The lowest BCUT2D eigenvalue weighted by molar-refractivity contribution is -0.149. The van der Waals surface area contributed by atoms with E-state index in [1.54, 1.807) is 0 Å². The first-order chi connectivity index (χ1) is 10.5. The SMILES string of the molecule is Cc1cnc(Sc2c(C(F)(F)F)ccnc2C(F)(F)F)c(N)n1. The molecule has 124 valence electrons. The van der Waals surface area contributed by atoms with E-state index in [9.17, 15) is 26.3 Å². The zero-order valence-electron chi connectivity index (χ0n) is 11.3. The summed E-state index contributed by atoms with van der Waals surface area (Å²) in [5, 5.41) is -0.264. The summed E-state index contributed by atoms with van der Waals surface area (Å²) in [6.07, 6.45) is -8.40. The number of nitrogen functional groups attached to an aromatic ring is 1. The molecule has 2 aromatic rings. The Labute approximate surface area is 130 Å². The molecule has 0 radical (unpaired) electrons. The molecule has 0 aliphatic rings. The highest BCUT2D eigenvalue weighted by Gasteiger charge is 2.42. The Hall–Kier alpha value is -2.04. The van der Waals surface area contributed by atoms with Gasteiger partial charge in [0, 0.05) is 12.4 Å². The van der Waals surface area contributed by atoms with Crippen molar-refractivity contribution >= 4 is 17.6 Å². The van der Waals surface area contributed by atoms with Crippen LogP contribution in [-0.4, -0.2) is 15.0 Å². The molecule has 2 rings (SSSR count). The number of aromatic nitrogens is 3. The molecule has 2 aromatic heterocycles. The summed E-state index contributed by atoms with van der Waals surface area (Å²) < 4.78 is 77.9. The van der Waals surface area contributed by atoms with Crippen LogP contribution in [0.15, 0.2) is 28.4 Å². The fraction of sp³-hybridized carbons (Fsp3) is 0.250. The number of nitrogens with zero attached hydrogens (tertiary/aromatic N) is 3. The van der Waals surface area contributed by atoms with Gasteiger partial charge in [-0.25, -0.2) is 9.97 Å². The minimum Gasteiger partial charge on any atom is -0.381 e. The van der Waals surface area contributed by atoms with Crippen LogP contribution in [-0.2, 0) is 12.4 Å². The number of halogens is 6. The van der Waals surface area contributed by atoms with Crippen LogP contribution in [0.4, 0.5) is 32.2 Å². The van der Waals surface area contributed by atoms with Gasteiger partial charge >= 0.3 is 12.4 Å². The molecule has 0 amide bonds. The molecule has 0 saturated heterocycles. The van der Waals surface area contributed by atoms with Gasteiger partial charge in [-0.15, -0.1) is 0 Å². The van der Waals surface area contributed by atoms with Gasteiger partial charge in [-0.1, -0.05) is 11.8 Å². The minimum absolute atomic E-state index is 0.129. The number of pyridine rings is 1. The van der Waals surface area contributed by atoms with E-state index >= 15 is 0 Å². The predicted octanol–water partition coefficient (Wildman–Crippen LogP) is 3.95. The van der Waals surface area contributed by atoms with E-state index < -0.39 is 28.5 Å². The summed E-state index contributed by atoms with van der Waals surface area (Å²) in [6.45, 7) is 1.53. The van der Waals surface area contributed by atoms with E-state index in [4.69, 9.17) is 5.73 Å². The minimum atomic E-state index is -5.06. The Bertz CT molecular complexity index is 696. The second-order valence-corrected chi connectivity index (χ2v) is 5.33. The number of hydrogen-bond donors (Lipinski definition) is 1. The van der Waals surface area contributed by atoms with Crippen molar-refractivity contribution in [2.75, 3.05) is 5.73 Å². The number of aryl methyl sites for hydroxylation is 1. The average molecular weight is 354 g/mol. The van der Waals surface area contributed by atoms with Gasteiger partial charge in [0.15, 0.2) is 11.5 Å². The Balaban J connectivity index is 2.63. The molecule has 0 aliphatic carbocycles. The number of alkyl halides is 6. The average Bonchev–Trinajstić information content (AvgIpc) is 2.39. The molecule has 0 unspecified atom stereocenters. The standard InChI is InChI=1S/C12H8F6N4S/c1-5-4-21-10(9(19)22-5)23-7-6(11(13,14)15)2-3-20-8(7)12(16,17)18/h2-4H,1H3,(H2,19,22). The maximum absolute atomic E-state index is 13.0. The quantitative estimate of drug-likeness (QED) is 0.828. The lowest BCUT2D eigenvalue weighted by atomic mass is 10.2. The molecule has 0 atom stereocenters. The molecule has 0 aliphatic heterocycles. The summed E-state index contributed by atoms with van der Waals surface area (Å²) in [7, 11) is 0. The number of hydrogen-bond acceptors (Lipinski definition) is 5. The molecular weight excluding hydrogens is 346 g/mol. The number of anilines is 1. The first kappa shape index (κ1) is 17.3. The summed E-state index contributed by atoms with van der Waals surface area (Å²) in [6, 6.07) is 0.468. The van der Waals surface area contributed by atoms with Gasteiger partial charge in [0.2, 0.25) is 0 Å². The van der Waals surface area contributed by atoms with Crippen molar-refractivity contribution in [2.45, 2.75) is 29.2 Å². The highest BCUT2D eigenvalue weighted by Crippen LogP contribution is 2.45. The normalized spacial score (nSPS) is 12.5. The van der Waals surface area contributed by atoms with Crippen LogP contribution in [0, 0.1) is 6.92 Å². The molecule has 2 N–H and O–H groups in total. The van der Waals surface area contributed by atoms with Crippen molar-refractivity contribution < 1.29 is 26.3 Å². The van der Waals surface area contributed by atoms with Gasteiger partial charge in [-0.2, -0.15) is 26.3 Å². The Morgan fingerprint density at radius 1 is 1.04 bits per heavy atom. The van der Waals surface area contributed by atoms with E-state index in [0.29, 0.717) is 18.0 Å². The zero-order valence-corrected chi connectivity index (χ0v) is 12.1. The van der Waals surface area contributed by atoms with E-state index in [0.717, 1.165) is 0 Å². The van der Waals surface area contributed by atoms with Crippen molar-refractivity contribution in [3.8, 4) is 0 Å². The molecule has 0 saturated carbocycles. The number of rotatable bonds is 2. The van der Waals surface area contributed by atoms with Crippen molar-refractivity contribution in [3.63, 3.8) is 0 Å². The first-order valence-corrected chi connectivity index (χ1v) is 6.72. The van der Waals surface area contributed by atoms with Crippen LogP contribution < -0.4 is 5.73 Å². The molecule has 0 fully saturated rings. The van der Waals surface area contributed by atoms with Crippen LogP contribution >= 0.6 is 11.8 Å². The van der Waals surface area contributed by atoms with Crippen LogP contribution in [0.1, 0.15) is 17.0 Å². The van der Waals surface area contributed by atoms with Crippen LogP contribution in [0.2, 0.25) is 0 Å². The van der Waals surface area contributed by atoms with Gasteiger partial charge in [-0.05, 0) is 13.0 Å². The van der Waals surface area contributed by atoms with Gasteiger partial charge in [0.05, 0.1) is 16.2 Å². The highest BCUT2D eigenvalue weighted by atomic mass is 32.2. The van der Waals surface area contributed by atoms with E-state index in [-0.39, 0.29) is 22.6 Å². The van der Waals surface area contributed by atoms with Crippen LogP contribution in [0.25, 0.3) is 0 Å². The molecule has 0 aromatic carbocycles. The second-order valence-electron chi connectivity index (χ2n) is 4.34. The van der Waals surface area contributed by atoms with Gasteiger partial charge < -0.3 is 5.73 Å².